The Morgan fingerprint density at radius 2 is 1.81 bits per heavy atom. The number of hydrogen-bond acceptors (Lipinski definition) is 1. The molecule has 0 radical (unpaired) electrons. The largest absolute Gasteiger partial charge is 0.384 e. The molecule has 106 valence electrons. The third-order valence-corrected chi connectivity index (χ3v) is 4.55. The van der Waals surface area contributed by atoms with Gasteiger partial charge in [-0.2, -0.15) is 0 Å². The van der Waals surface area contributed by atoms with Crippen molar-refractivity contribution >= 4 is 38.3 Å². The number of hydrogen-bond donors (Lipinski definition) is 1. The Balaban J connectivity index is 2.24. The summed E-state index contributed by atoms with van der Waals surface area (Å²) in [4.78, 5) is 0. The van der Waals surface area contributed by atoms with E-state index in [9.17, 15) is 5.11 Å². The second kappa shape index (κ2) is 5.80. The summed E-state index contributed by atoms with van der Waals surface area (Å²) in [5, 5.41) is 13.6. The molecule has 0 saturated carbocycles. The molecule has 3 rings (SSSR count). The van der Waals surface area contributed by atoms with Crippen LogP contribution >= 0.6 is 27.5 Å². The molecule has 1 nitrogen and oxygen atoms in total. The highest BCUT2D eigenvalue weighted by atomic mass is 79.9. The van der Waals surface area contributed by atoms with E-state index in [2.05, 4.69) is 22.0 Å². The minimum absolute atomic E-state index is 0.568. The number of rotatable bonds is 2. The molecule has 3 heteroatoms. The van der Waals surface area contributed by atoms with E-state index in [1.165, 1.54) is 0 Å². The van der Waals surface area contributed by atoms with E-state index in [4.69, 9.17) is 11.6 Å². The fourth-order valence-electron chi connectivity index (χ4n) is 2.65. The van der Waals surface area contributed by atoms with Gasteiger partial charge in [-0.25, -0.2) is 0 Å². The average Bonchev–Trinajstić information content (AvgIpc) is 2.49. The van der Waals surface area contributed by atoms with E-state index in [1.54, 1.807) is 6.07 Å². The third-order valence-electron chi connectivity index (χ3n) is 3.71. The SMILES string of the molecule is Cc1ccc2ccccc2c1[C@@H](O)c1cc(Br)ccc1Cl. The number of halogens is 2. The van der Waals surface area contributed by atoms with Crippen LogP contribution in [0.25, 0.3) is 10.8 Å². The number of benzene rings is 3. The van der Waals surface area contributed by atoms with Gasteiger partial charge in [0, 0.05) is 15.1 Å². The van der Waals surface area contributed by atoms with Crippen molar-refractivity contribution in [3.8, 4) is 0 Å². The van der Waals surface area contributed by atoms with E-state index < -0.39 is 6.10 Å². The van der Waals surface area contributed by atoms with Gasteiger partial charge in [-0.1, -0.05) is 63.9 Å². The molecule has 3 aromatic carbocycles. The van der Waals surface area contributed by atoms with E-state index in [-0.39, 0.29) is 0 Å². The van der Waals surface area contributed by atoms with Gasteiger partial charge >= 0.3 is 0 Å². The second-order valence-corrected chi connectivity index (χ2v) is 6.41. The van der Waals surface area contributed by atoms with Crippen LogP contribution in [0.4, 0.5) is 0 Å². The molecule has 0 saturated heterocycles. The highest BCUT2D eigenvalue weighted by molar-refractivity contribution is 9.10. The second-order valence-electron chi connectivity index (χ2n) is 5.09. The summed E-state index contributed by atoms with van der Waals surface area (Å²) in [6, 6.07) is 17.7. The summed E-state index contributed by atoms with van der Waals surface area (Å²) in [5.74, 6) is 0. The van der Waals surface area contributed by atoms with E-state index >= 15 is 0 Å². The molecule has 0 aliphatic carbocycles. The molecule has 0 aromatic heterocycles. The quantitative estimate of drug-likeness (QED) is 0.625. The van der Waals surface area contributed by atoms with Gasteiger partial charge in [0.25, 0.3) is 0 Å². The van der Waals surface area contributed by atoms with Crippen LogP contribution in [-0.4, -0.2) is 5.11 Å². The lowest BCUT2D eigenvalue weighted by atomic mass is 9.92. The van der Waals surface area contributed by atoms with Crippen molar-refractivity contribution < 1.29 is 5.11 Å². The average molecular weight is 362 g/mol. The van der Waals surface area contributed by atoms with Gasteiger partial charge in [-0.15, -0.1) is 0 Å². The molecule has 0 heterocycles. The first-order valence-electron chi connectivity index (χ1n) is 6.69. The van der Waals surface area contributed by atoms with Crippen LogP contribution in [0.1, 0.15) is 22.8 Å². The van der Waals surface area contributed by atoms with Crippen molar-refractivity contribution in [2.24, 2.45) is 0 Å². The van der Waals surface area contributed by atoms with Crippen molar-refractivity contribution in [1.82, 2.24) is 0 Å². The number of aliphatic hydroxyl groups excluding tert-OH is 1. The zero-order valence-corrected chi connectivity index (χ0v) is 13.8. The van der Waals surface area contributed by atoms with Crippen molar-refractivity contribution in [2.75, 3.05) is 0 Å². The zero-order valence-electron chi connectivity index (χ0n) is 11.5. The highest BCUT2D eigenvalue weighted by Gasteiger charge is 2.18. The van der Waals surface area contributed by atoms with Crippen LogP contribution in [-0.2, 0) is 0 Å². The van der Waals surface area contributed by atoms with Gasteiger partial charge in [-0.05, 0) is 47.0 Å². The summed E-state index contributed by atoms with van der Waals surface area (Å²) in [6.45, 7) is 2.01. The Morgan fingerprint density at radius 1 is 1.05 bits per heavy atom. The maximum absolute atomic E-state index is 10.9. The molecule has 0 unspecified atom stereocenters. The minimum Gasteiger partial charge on any atom is -0.384 e. The first-order valence-corrected chi connectivity index (χ1v) is 7.86. The molecule has 3 aromatic rings. The Labute approximate surface area is 137 Å². The van der Waals surface area contributed by atoms with Crippen molar-refractivity contribution in [2.45, 2.75) is 13.0 Å². The highest BCUT2D eigenvalue weighted by Crippen LogP contribution is 2.35. The Kier molecular flexibility index (Phi) is 4.03. The molecule has 1 N–H and O–H groups in total. The number of aryl methyl sites for hydroxylation is 1. The van der Waals surface area contributed by atoms with Crippen molar-refractivity contribution in [3.05, 3.63) is 80.8 Å². The van der Waals surface area contributed by atoms with Gasteiger partial charge in [0.1, 0.15) is 6.10 Å². The van der Waals surface area contributed by atoms with Crippen LogP contribution in [0.5, 0.6) is 0 Å². The van der Waals surface area contributed by atoms with Gasteiger partial charge in [0.15, 0.2) is 0 Å². The van der Waals surface area contributed by atoms with Crippen LogP contribution in [0.15, 0.2) is 59.1 Å². The van der Waals surface area contributed by atoms with Crippen LogP contribution in [0.3, 0.4) is 0 Å². The van der Waals surface area contributed by atoms with Crippen LogP contribution in [0, 0.1) is 6.92 Å². The van der Waals surface area contributed by atoms with Crippen molar-refractivity contribution in [1.29, 1.82) is 0 Å². The summed E-state index contributed by atoms with van der Waals surface area (Å²) >= 11 is 9.70. The molecular formula is C18H14BrClO. The first-order chi connectivity index (χ1) is 10.1. The maximum Gasteiger partial charge on any atom is 0.106 e. The number of aliphatic hydroxyl groups is 1. The number of fused-ring (bicyclic) bond motifs is 1. The molecule has 0 fully saturated rings. The van der Waals surface area contributed by atoms with Crippen molar-refractivity contribution in [3.63, 3.8) is 0 Å². The Hall–Kier alpha value is -1.35. The predicted molar refractivity (Wildman–Crippen MR) is 91.9 cm³/mol. The summed E-state index contributed by atoms with van der Waals surface area (Å²) < 4.78 is 0.902. The molecular weight excluding hydrogens is 348 g/mol. The Morgan fingerprint density at radius 3 is 2.62 bits per heavy atom. The topological polar surface area (TPSA) is 20.2 Å². The molecule has 21 heavy (non-hydrogen) atoms. The Bertz CT molecular complexity index is 813. The normalized spacial score (nSPS) is 12.6. The lowest BCUT2D eigenvalue weighted by Crippen LogP contribution is -2.04. The van der Waals surface area contributed by atoms with Gasteiger partial charge in [-0.3, -0.25) is 0 Å². The van der Waals surface area contributed by atoms with Gasteiger partial charge < -0.3 is 5.11 Å². The molecule has 0 bridgehead atoms. The molecule has 0 aliphatic rings. The van der Waals surface area contributed by atoms with Crippen LogP contribution < -0.4 is 0 Å². The van der Waals surface area contributed by atoms with E-state index in [0.717, 1.165) is 26.4 Å². The maximum atomic E-state index is 10.9. The third kappa shape index (κ3) is 2.71. The summed E-state index contributed by atoms with van der Waals surface area (Å²) in [5.41, 5.74) is 2.68. The van der Waals surface area contributed by atoms with E-state index in [0.29, 0.717) is 10.6 Å². The summed E-state index contributed by atoms with van der Waals surface area (Å²) in [7, 11) is 0. The molecule has 1 atom stereocenters. The van der Waals surface area contributed by atoms with Crippen LogP contribution in [0.2, 0.25) is 5.02 Å². The molecule has 0 spiro atoms. The molecule has 0 aliphatic heterocycles. The smallest absolute Gasteiger partial charge is 0.106 e. The summed E-state index contributed by atoms with van der Waals surface area (Å²) in [6.07, 6.45) is -0.749. The predicted octanol–water partition coefficient (Wildman–Crippen LogP) is 5.65. The lowest BCUT2D eigenvalue weighted by Gasteiger charge is -2.18. The minimum atomic E-state index is -0.749. The molecule has 0 amide bonds. The monoisotopic (exact) mass is 360 g/mol. The van der Waals surface area contributed by atoms with Gasteiger partial charge in [0.05, 0.1) is 0 Å². The zero-order chi connectivity index (χ0) is 15.0. The van der Waals surface area contributed by atoms with E-state index in [1.807, 2.05) is 49.4 Å². The van der Waals surface area contributed by atoms with Gasteiger partial charge in [0.2, 0.25) is 0 Å². The fraction of sp³-hybridized carbons (Fsp3) is 0.111. The lowest BCUT2D eigenvalue weighted by molar-refractivity contribution is 0.221. The fourth-order valence-corrected chi connectivity index (χ4v) is 3.25. The standard InChI is InChI=1S/C18H14BrClO/c1-11-6-7-12-4-2-3-5-14(12)17(11)18(21)15-10-13(19)8-9-16(15)20/h2-10,18,21H,1H3/t18-/m0/s1. The first kappa shape index (κ1) is 14.6.